The highest BCUT2D eigenvalue weighted by Crippen LogP contribution is 2.27. The van der Waals surface area contributed by atoms with Crippen LogP contribution >= 0.6 is 11.3 Å². The van der Waals surface area contributed by atoms with Crippen molar-refractivity contribution in [3.05, 3.63) is 87.6 Å². The molecule has 1 amide bonds. The summed E-state index contributed by atoms with van der Waals surface area (Å²) in [5.41, 5.74) is 3.52. The van der Waals surface area contributed by atoms with E-state index >= 15 is 0 Å². The Morgan fingerprint density at radius 1 is 1.00 bits per heavy atom. The number of amides is 1. The van der Waals surface area contributed by atoms with Gasteiger partial charge in [0.25, 0.3) is 0 Å². The summed E-state index contributed by atoms with van der Waals surface area (Å²) in [6, 6.07) is 20.5. The molecule has 5 heteroatoms. The third kappa shape index (κ3) is 5.92. The first-order valence-electron chi connectivity index (χ1n) is 9.83. The number of benzene rings is 2. The second-order valence-corrected chi connectivity index (χ2v) is 8.25. The quantitative estimate of drug-likeness (QED) is 0.531. The number of rotatable bonds is 9. The molecule has 0 unspecified atom stereocenters. The lowest BCUT2D eigenvalue weighted by molar-refractivity contribution is -0.120. The molecule has 0 saturated heterocycles. The Hall–Kier alpha value is -2.63. The fourth-order valence-electron chi connectivity index (χ4n) is 3.11. The molecule has 3 rings (SSSR count). The minimum atomic E-state index is -0.0267. The lowest BCUT2D eigenvalue weighted by atomic mass is 9.98. The Morgan fingerprint density at radius 2 is 1.69 bits per heavy atom. The summed E-state index contributed by atoms with van der Waals surface area (Å²) in [5.74, 6) is 1.28. The molecule has 0 saturated carbocycles. The predicted octanol–water partition coefficient (Wildman–Crippen LogP) is 4.88. The van der Waals surface area contributed by atoms with Crippen molar-refractivity contribution in [2.75, 3.05) is 13.7 Å². The molecule has 1 aromatic heterocycles. The van der Waals surface area contributed by atoms with Crippen molar-refractivity contribution in [2.24, 2.45) is 0 Å². The van der Waals surface area contributed by atoms with E-state index in [4.69, 9.17) is 4.74 Å². The van der Waals surface area contributed by atoms with E-state index in [1.165, 1.54) is 16.0 Å². The summed E-state index contributed by atoms with van der Waals surface area (Å²) in [4.78, 5) is 13.6. The topological polar surface area (TPSA) is 50.4 Å². The molecule has 0 fully saturated rings. The molecule has 152 valence electrons. The van der Waals surface area contributed by atoms with Gasteiger partial charge in [0.15, 0.2) is 0 Å². The molecule has 2 aromatic carbocycles. The van der Waals surface area contributed by atoms with Gasteiger partial charge in [0.05, 0.1) is 19.7 Å². The number of carbonyl (C=O) groups is 1. The Labute approximate surface area is 176 Å². The Balaban J connectivity index is 1.60. The van der Waals surface area contributed by atoms with E-state index in [1.54, 1.807) is 18.4 Å². The summed E-state index contributed by atoms with van der Waals surface area (Å²) in [6.07, 6.45) is 0. The van der Waals surface area contributed by atoms with Gasteiger partial charge in [0, 0.05) is 11.4 Å². The zero-order chi connectivity index (χ0) is 20.6. The van der Waals surface area contributed by atoms with Crippen LogP contribution in [0.25, 0.3) is 0 Å². The number of nitrogens with one attached hydrogen (secondary N) is 2. The summed E-state index contributed by atoms with van der Waals surface area (Å²) < 4.78 is 5.16. The van der Waals surface area contributed by atoms with E-state index in [2.05, 4.69) is 60.2 Å². The molecular weight excluding hydrogens is 380 g/mol. The number of hydrogen-bond donors (Lipinski definition) is 2. The molecule has 29 heavy (non-hydrogen) atoms. The zero-order valence-electron chi connectivity index (χ0n) is 17.1. The van der Waals surface area contributed by atoms with Gasteiger partial charge in [-0.1, -0.05) is 56.3 Å². The molecule has 1 atom stereocenters. The zero-order valence-corrected chi connectivity index (χ0v) is 18.0. The van der Waals surface area contributed by atoms with Gasteiger partial charge in [0.2, 0.25) is 5.91 Å². The Bertz CT molecular complexity index is 888. The predicted molar refractivity (Wildman–Crippen MR) is 120 cm³/mol. The molecule has 3 aromatic rings. The molecule has 0 aliphatic heterocycles. The van der Waals surface area contributed by atoms with Gasteiger partial charge >= 0.3 is 0 Å². The van der Waals surface area contributed by atoms with Crippen molar-refractivity contribution in [3.8, 4) is 5.75 Å². The lowest BCUT2D eigenvalue weighted by Gasteiger charge is -2.19. The minimum Gasteiger partial charge on any atom is -0.497 e. The number of thiophene rings is 1. The lowest BCUT2D eigenvalue weighted by Crippen LogP contribution is -2.35. The maximum absolute atomic E-state index is 12.4. The summed E-state index contributed by atoms with van der Waals surface area (Å²) in [7, 11) is 1.64. The summed E-state index contributed by atoms with van der Waals surface area (Å²) in [5, 5.41) is 8.46. The van der Waals surface area contributed by atoms with Crippen LogP contribution in [0.5, 0.6) is 5.75 Å². The minimum absolute atomic E-state index is 0.00273. The third-order valence-corrected chi connectivity index (χ3v) is 5.82. The summed E-state index contributed by atoms with van der Waals surface area (Å²) >= 11 is 1.70. The maximum Gasteiger partial charge on any atom is 0.234 e. The second kappa shape index (κ2) is 10.2. The number of carbonyl (C=O) groups excluding carboxylic acids is 1. The van der Waals surface area contributed by atoms with Crippen LogP contribution in [0.3, 0.4) is 0 Å². The van der Waals surface area contributed by atoms with E-state index < -0.39 is 0 Å². The van der Waals surface area contributed by atoms with Crippen LogP contribution in [0.4, 0.5) is 0 Å². The first-order chi connectivity index (χ1) is 14.1. The van der Waals surface area contributed by atoms with Gasteiger partial charge in [-0.05, 0) is 46.2 Å². The highest BCUT2D eigenvalue weighted by atomic mass is 32.1. The SMILES string of the molecule is COc1ccc(CNC(=O)CN[C@@H](c2ccc(C(C)C)cc2)c2cccs2)cc1. The first kappa shape index (κ1) is 21.1. The van der Waals surface area contributed by atoms with Crippen molar-refractivity contribution in [1.82, 2.24) is 10.6 Å². The standard InChI is InChI=1S/C24H28N2O2S/c1-17(2)19-8-10-20(11-9-19)24(22-5-4-14-29-22)26-16-23(27)25-15-18-6-12-21(28-3)13-7-18/h4-14,17,24,26H,15-16H2,1-3H3,(H,25,27)/t24-/m0/s1. The van der Waals surface area contributed by atoms with Crippen LogP contribution in [0, 0.1) is 0 Å². The van der Waals surface area contributed by atoms with Gasteiger partial charge in [-0.2, -0.15) is 0 Å². The van der Waals surface area contributed by atoms with Crippen LogP contribution in [0.1, 0.15) is 47.4 Å². The highest BCUT2D eigenvalue weighted by Gasteiger charge is 2.16. The van der Waals surface area contributed by atoms with Crippen molar-refractivity contribution >= 4 is 17.2 Å². The van der Waals surface area contributed by atoms with Crippen molar-refractivity contribution < 1.29 is 9.53 Å². The van der Waals surface area contributed by atoms with E-state index in [-0.39, 0.29) is 18.5 Å². The summed E-state index contributed by atoms with van der Waals surface area (Å²) in [6.45, 7) is 5.14. The van der Waals surface area contributed by atoms with Crippen molar-refractivity contribution in [1.29, 1.82) is 0 Å². The van der Waals surface area contributed by atoms with Gasteiger partial charge < -0.3 is 10.1 Å². The number of ether oxygens (including phenoxy) is 1. The van der Waals surface area contributed by atoms with Crippen LogP contribution in [0.15, 0.2) is 66.0 Å². The fourth-order valence-corrected chi connectivity index (χ4v) is 3.94. The smallest absolute Gasteiger partial charge is 0.234 e. The van der Waals surface area contributed by atoms with E-state index in [0.717, 1.165) is 11.3 Å². The fraction of sp³-hybridized carbons (Fsp3) is 0.292. The average molecular weight is 409 g/mol. The van der Waals surface area contributed by atoms with Gasteiger partial charge in [-0.15, -0.1) is 11.3 Å². The molecule has 0 aliphatic rings. The van der Waals surface area contributed by atoms with Crippen LogP contribution in [-0.4, -0.2) is 19.6 Å². The highest BCUT2D eigenvalue weighted by molar-refractivity contribution is 7.10. The molecule has 2 N–H and O–H groups in total. The maximum atomic E-state index is 12.4. The van der Waals surface area contributed by atoms with E-state index in [9.17, 15) is 4.79 Å². The monoisotopic (exact) mass is 408 g/mol. The Morgan fingerprint density at radius 3 is 2.28 bits per heavy atom. The molecular formula is C24H28N2O2S. The van der Waals surface area contributed by atoms with Gasteiger partial charge in [-0.3, -0.25) is 10.1 Å². The van der Waals surface area contributed by atoms with Crippen molar-refractivity contribution in [3.63, 3.8) is 0 Å². The van der Waals surface area contributed by atoms with Crippen LogP contribution in [-0.2, 0) is 11.3 Å². The molecule has 0 spiro atoms. The van der Waals surface area contributed by atoms with E-state index in [1.807, 2.05) is 30.3 Å². The van der Waals surface area contributed by atoms with Crippen LogP contribution in [0.2, 0.25) is 0 Å². The Kier molecular flexibility index (Phi) is 7.44. The van der Waals surface area contributed by atoms with Gasteiger partial charge in [0.1, 0.15) is 5.75 Å². The largest absolute Gasteiger partial charge is 0.497 e. The van der Waals surface area contributed by atoms with E-state index in [0.29, 0.717) is 12.5 Å². The number of methoxy groups -OCH3 is 1. The van der Waals surface area contributed by atoms with Gasteiger partial charge in [-0.25, -0.2) is 0 Å². The number of hydrogen-bond acceptors (Lipinski definition) is 4. The molecule has 1 heterocycles. The third-order valence-electron chi connectivity index (χ3n) is 4.88. The van der Waals surface area contributed by atoms with Crippen molar-refractivity contribution in [2.45, 2.75) is 32.4 Å². The molecule has 4 nitrogen and oxygen atoms in total. The molecule has 0 radical (unpaired) electrons. The van der Waals surface area contributed by atoms with Crippen LogP contribution < -0.4 is 15.4 Å². The normalized spacial score (nSPS) is 12.0. The first-order valence-corrected chi connectivity index (χ1v) is 10.7. The molecule has 0 aliphatic carbocycles. The molecule has 0 bridgehead atoms. The average Bonchev–Trinajstić information content (AvgIpc) is 3.27. The second-order valence-electron chi connectivity index (χ2n) is 7.28.